The first-order chi connectivity index (χ1) is 13.0. The highest BCUT2D eigenvalue weighted by molar-refractivity contribution is 5.54. The molecule has 1 N–H and O–H groups in total. The number of phenolic OH excluding ortho intramolecular Hbond substituents is 1. The third kappa shape index (κ3) is 3.58. The van der Waals surface area contributed by atoms with E-state index >= 15 is 0 Å². The summed E-state index contributed by atoms with van der Waals surface area (Å²) in [5.41, 5.74) is 7.78. The third-order valence-electron chi connectivity index (χ3n) is 6.14. The summed E-state index contributed by atoms with van der Waals surface area (Å²) in [6, 6.07) is 21.4. The highest BCUT2D eigenvalue weighted by Crippen LogP contribution is 2.42. The Balaban J connectivity index is 2.11. The summed E-state index contributed by atoms with van der Waals surface area (Å²) in [6.07, 6.45) is 0. The van der Waals surface area contributed by atoms with Crippen LogP contribution in [0.3, 0.4) is 0 Å². The third-order valence-corrected chi connectivity index (χ3v) is 6.14. The van der Waals surface area contributed by atoms with Gasteiger partial charge in [0.05, 0.1) is 0 Å². The Morgan fingerprint density at radius 2 is 1.11 bits per heavy atom. The molecule has 3 aromatic rings. The van der Waals surface area contributed by atoms with Gasteiger partial charge in [0.1, 0.15) is 5.75 Å². The van der Waals surface area contributed by atoms with Gasteiger partial charge in [-0.15, -0.1) is 0 Å². The van der Waals surface area contributed by atoms with E-state index < -0.39 is 0 Å². The molecule has 146 valence electrons. The van der Waals surface area contributed by atoms with Gasteiger partial charge in [0.25, 0.3) is 0 Å². The van der Waals surface area contributed by atoms with Crippen molar-refractivity contribution in [1.82, 2.24) is 0 Å². The molecular formula is C27H32O. The Labute approximate surface area is 170 Å². The molecule has 0 atom stereocenters. The van der Waals surface area contributed by atoms with Crippen molar-refractivity contribution in [2.75, 3.05) is 0 Å². The summed E-state index contributed by atoms with van der Waals surface area (Å²) >= 11 is 0. The van der Waals surface area contributed by atoms with Crippen molar-refractivity contribution in [3.8, 4) is 5.75 Å². The van der Waals surface area contributed by atoms with Gasteiger partial charge in [0.2, 0.25) is 0 Å². The lowest BCUT2D eigenvalue weighted by Gasteiger charge is -2.32. The number of benzene rings is 3. The molecule has 1 heteroatoms. The highest BCUT2D eigenvalue weighted by atomic mass is 16.3. The minimum atomic E-state index is -0.272. The van der Waals surface area contributed by atoms with E-state index in [1.807, 2.05) is 6.07 Å². The van der Waals surface area contributed by atoms with Gasteiger partial charge >= 0.3 is 0 Å². The molecule has 3 rings (SSSR count). The second-order valence-corrected chi connectivity index (χ2v) is 9.18. The van der Waals surface area contributed by atoms with Gasteiger partial charge in [0.15, 0.2) is 0 Å². The van der Waals surface area contributed by atoms with Crippen LogP contribution < -0.4 is 0 Å². The van der Waals surface area contributed by atoms with Crippen molar-refractivity contribution in [1.29, 1.82) is 0 Å². The van der Waals surface area contributed by atoms with E-state index in [0.29, 0.717) is 5.75 Å². The number of rotatable bonds is 4. The fraction of sp³-hybridized carbons (Fsp3) is 0.333. The van der Waals surface area contributed by atoms with Crippen molar-refractivity contribution in [3.05, 3.63) is 99.6 Å². The smallest absolute Gasteiger partial charge is 0.120 e. The zero-order valence-electron chi connectivity index (χ0n) is 18.2. The molecule has 0 saturated carbocycles. The Morgan fingerprint density at radius 3 is 1.57 bits per heavy atom. The van der Waals surface area contributed by atoms with Crippen LogP contribution in [0.4, 0.5) is 0 Å². The van der Waals surface area contributed by atoms with Crippen molar-refractivity contribution in [2.24, 2.45) is 0 Å². The predicted molar refractivity (Wildman–Crippen MR) is 119 cm³/mol. The van der Waals surface area contributed by atoms with Crippen LogP contribution >= 0.6 is 0 Å². The van der Waals surface area contributed by atoms with Crippen molar-refractivity contribution < 1.29 is 5.11 Å². The molecule has 28 heavy (non-hydrogen) atoms. The summed E-state index contributed by atoms with van der Waals surface area (Å²) in [5, 5.41) is 11.1. The van der Waals surface area contributed by atoms with E-state index in [0.717, 1.165) is 16.7 Å². The summed E-state index contributed by atoms with van der Waals surface area (Å²) in [6.45, 7) is 15.2. The lowest BCUT2D eigenvalue weighted by Crippen LogP contribution is -2.23. The Morgan fingerprint density at radius 1 is 0.607 bits per heavy atom. The molecule has 0 heterocycles. The molecule has 0 saturated heterocycles. The van der Waals surface area contributed by atoms with Gasteiger partial charge in [-0.2, -0.15) is 0 Å². The lowest BCUT2D eigenvalue weighted by atomic mass is 9.72. The molecule has 0 aromatic heterocycles. The van der Waals surface area contributed by atoms with Gasteiger partial charge in [-0.05, 0) is 49.1 Å². The Bertz CT molecular complexity index is 985. The molecule has 0 aliphatic rings. The first kappa shape index (κ1) is 20.2. The standard InChI is InChI=1S/C27H32O/c1-18-10-8-12-21(14-18)26(4,5)23-16-20(3)25(24(28)17-23)27(6,7)22-13-9-11-19(2)15-22/h8-17,28H,1-7H3. The molecule has 0 spiro atoms. The minimum absolute atomic E-state index is 0.180. The van der Waals surface area contributed by atoms with Crippen molar-refractivity contribution >= 4 is 0 Å². The summed E-state index contributed by atoms with van der Waals surface area (Å²) in [4.78, 5) is 0. The fourth-order valence-corrected chi connectivity index (χ4v) is 4.32. The minimum Gasteiger partial charge on any atom is -0.508 e. The Hall–Kier alpha value is -2.54. The summed E-state index contributed by atoms with van der Waals surface area (Å²) in [5.74, 6) is 0.377. The maximum atomic E-state index is 11.1. The van der Waals surface area contributed by atoms with E-state index in [-0.39, 0.29) is 10.8 Å². The van der Waals surface area contributed by atoms with E-state index in [2.05, 4.69) is 103 Å². The molecule has 1 nitrogen and oxygen atoms in total. The summed E-state index contributed by atoms with van der Waals surface area (Å²) in [7, 11) is 0. The number of hydrogen-bond acceptors (Lipinski definition) is 1. The van der Waals surface area contributed by atoms with E-state index in [4.69, 9.17) is 0 Å². The van der Waals surface area contributed by atoms with E-state index in [1.54, 1.807) is 0 Å². The monoisotopic (exact) mass is 372 g/mol. The molecular weight excluding hydrogens is 340 g/mol. The molecule has 0 radical (unpaired) electrons. The first-order valence-corrected chi connectivity index (χ1v) is 10.0. The molecule has 0 amide bonds. The van der Waals surface area contributed by atoms with Crippen LogP contribution in [0.1, 0.15) is 66.6 Å². The average Bonchev–Trinajstić information content (AvgIpc) is 2.61. The van der Waals surface area contributed by atoms with Gasteiger partial charge in [-0.3, -0.25) is 0 Å². The first-order valence-electron chi connectivity index (χ1n) is 10.0. The van der Waals surface area contributed by atoms with Crippen LogP contribution in [0.25, 0.3) is 0 Å². The maximum Gasteiger partial charge on any atom is 0.120 e. The van der Waals surface area contributed by atoms with Crippen molar-refractivity contribution in [3.63, 3.8) is 0 Å². The molecule has 0 unspecified atom stereocenters. The van der Waals surface area contributed by atoms with Gasteiger partial charge in [0, 0.05) is 16.4 Å². The van der Waals surface area contributed by atoms with Crippen molar-refractivity contribution in [2.45, 2.75) is 59.3 Å². The number of aromatic hydroxyl groups is 1. The zero-order chi connectivity index (χ0) is 20.7. The molecule has 0 aliphatic carbocycles. The van der Waals surface area contributed by atoms with Crippen LogP contribution in [0.5, 0.6) is 5.75 Å². The topological polar surface area (TPSA) is 20.2 Å². The molecule has 3 aromatic carbocycles. The molecule has 0 aliphatic heterocycles. The average molecular weight is 373 g/mol. The van der Waals surface area contributed by atoms with Gasteiger partial charge in [-0.25, -0.2) is 0 Å². The van der Waals surface area contributed by atoms with Crippen LogP contribution in [-0.2, 0) is 10.8 Å². The fourth-order valence-electron chi connectivity index (χ4n) is 4.32. The largest absolute Gasteiger partial charge is 0.508 e. The molecule has 0 fully saturated rings. The molecule has 0 bridgehead atoms. The highest BCUT2D eigenvalue weighted by Gasteiger charge is 2.31. The second kappa shape index (κ2) is 7.13. The van der Waals surface area contributed by atoms with Gasteiger partial charge < -0.3 is 5.11 Å². The normalized spacial score (nSPS) is 12.2. The van der Waals surface area contributed by atoms with Gasteiger partial charge in [-0.1, -0.05) is 93.4 Å². The lowest BCUT2D eigenvalue weighted by molar-refractivity contribution is 0.449. The van der Waals surface area contributed by atoms with E-state index in [9.17, 15) is 5.11 Å². The zero-order valence-corrected chi connectivity index (χ0v) is 18.2. The quantitative estimate of drug-likeness (QED) is 0.524. The van der Waals surface area contributed by atoms with Crippen LogP contribution in [0.2, 0.25) is 0 Å². The van der Waals surface area contributed by atoms with Crippen LogP contribution in [-0.4, -0.2) is 5.11 Å². The predicted octanol–water partition coefficient (Wildman–Crippen LogP) is 6.97. The van der Waals surface area contributed by atoms with E-state index in [1.165, 1.54) is 22.3 Å². The number of phenols is 1. The summed E-state index contributed by atoms with van der Waals surface area (Å²) < 4.78 is 0. The SMILES string of the molecule is Cc1cccc(C(C)(C)c2cc(C)c(C(C)(C)c3cccc(C)c3)c(O)c2)c1. The number of aryl methyl sites for hydroxylation is 3. The Kier molecular flexibility index (Phi) is 5.14. The van der Waals surface area contributed by atoms with Crippen LogP contribution in [0.15, 0.2) is 60.7 Å². The maximum absolute atomic E-state index is 11.1. The van der Waals surface area contributed by atoms with Crippen LogP contribution in [0, 0.1) is 20.8 Å². The number of hydrogen-bond donors (Lipinski definition) is 1. The second-order valence-electron chi connectivity index (χ2n) is 9.18.